The molecular formula is C21H31N7O. The zero-order valence-corrected chi connectivity index (χ0v) is 17.5. The van der Waals surface area contributed by atoms with E-state index in [4.69, 9.17) is 4.74 Å². The second kappa shape index (κ2) is 9.15. The topological polar surface area (TPSA) is 70.8 Å². The molecule has 0 bridgehead atoms. The van der Waals surface area contributed by atoms with Crippen LogP contribution in [0.1, 0.15) is 30.9 Å². The van der Waals surface area contributed by atoms with Gasteiger partial charge in [0.05, 0.1) is 13.7 Å². The monoisotopic (exact) mass is 397 g/mol. The molecule has 1 saturated heterocycles. The van der Waals surface area contributed by atoms with Gasteiger partial charge < -0.3 is 24.4 Å². The molecule has 2 aromatic rings. The number of aliphatic imine (C=N–C) groups is 1. The zero-order valence-electron chi connectivity index (χ0n) is 17.5. The average molecular weight is 398 g/mol. The van der Waals surface area contributed by atoms with E-state index in [1.165, 1.54) is 24.9 Å². The maximum Gasteiger partial charge on any atom is 0.194 e. The van der Waals surface area contributed by atoms with Gasteiger partial charge >= 0.3 is 0 Å². The van der Waals surface area contributed by atoms with Crippen LogP contribution in [0.4, 0.5) is 5.69 Å². The number of aromatic nitrogens is 3. The van der Waals surface area contributed by atoms with Crippen molar-refractivity contribution in [3.05, 3.63) is 35.9 Å². The van der Waals surface area contributed by atoms with E-state index in [1.54, 1.807) is 7.11 Å². The molecule has 8 heteroatoms. The van der Waals surface area contributed by atoms with Gasteiger partial charge in [0.25, 0.3) is 0 Å². The van der Waals surface area contributed by atoms with Gasteiger partial charge in [-0.25, -0.2) is 0 Å². The number of benzene rings is 1. The van der Waals surface area contributed by atoms with Crippen LogP contribution in [-0.4, -0.2) is 66.0 Å². The lowest BCUT2D eigenvalue weighted by Gasteiger charge is -2.37. The highest BCUT2D eigenvalue weighted by Crippen LogP contribution is 2.22. The first-order valence-corrected chi connectivity index (χ1v) is 10.5. The summed E-state index contributed by atoms with van der Waals surface area (Å²) in [5.74, 6) is 3.97. The smallest absolute Gasteiger partial charge is 0.194 e. The summed E-state index contributed by atoms with van der Waals surface area (Å²) >= 11 is 0. The Labute approximate surface area is 172 Å². The molecule has 0 radical (unpaired) electrons. The highest BCUT2D eigenvalue weighted by Gasteiger charge is 2.21. The van der Waals surface area contributed by atoms with E-state index in [9.17, 15) is 0 Å². The van der Waals surface area contributed by atoms with E-state index in [1.807, 2.05) is 19.2 Å². The summed E-state index contributed by atoms with van der Waals surface area (Å²) in [6.45, 7) is 5.44. The van der Waals surface area contributed by atoms with Crippen molar-refractivity contribution in [2.45, 2.75) is 38.8 Å². The Hall–Kier alpha value is -2.77. The summed E-state index contributed by atoms with van der Waals surface area (Å²) in [4.78, 5) is 9.21. The first-order chi connectivity index (χ1) is 14.3. The Balaban J connectivity index is 1.33. The van der Waals surface area contributed by atoms with Crippen LogP contribution in [0.2, 0.25) is 0 Å². The average Bonchev–Trinajstić information content (AvgIpc) is 3.00. The normalized spacial score (nSPS) is 17.7. The van der Waals surface area contributed by atoms with E-state index < -0.39 is 0 Å². The molecule has 4 rings (SSSR count). The lowest BCUT2D eigenvalue weighted by Crippen LogP contribution is -2.52. The predicted molar refractivity (Wildman–Crippen MR) is 115 cm³/mol. The maximum atomic E-state index is 5.36. The molecule has 29 heavy (non-hydrogen) atoms. The summed E-state index contributed by atoms with van der Waals surface area (Å²) in [6, 6.07) is 8.27. The van der Waals surface area contributed by atoms with Crippen LogP contribution in [0.25, 0.3) is 0 Å². The van der Waals surface area contributed by atoms with Gasteiger partial charge in [-0.3, -0.25) is 4.99 Å². The van der Waals surface area contributed by atoms with E-state index in [2.05, 4.69) is 47.0 Å². The van der Waals surface area contributed by atoms with Crippen LogP contribution in [-0.2, 0) is 19.5 Å². The molecule has 0 saturated carbocycles. The van der Waals surface area contributed by atoms with Gasteiger partial charge in [-0.15, -0.1) is 10.2 Å². The number of hydrogen-bond acceptors (Lipinski definition) is 5. The number of nitrogens with one attached hydrogen (secondary N) is 1. The molecule has 1 fully saturated rings. The third kappa shape index (κ3) is 4.46. The van der Waals surface area contributed by atoms with Crippen molar-refractivity contribution in [1.29, 1.82) is 0 Å². The molecule has 156 valence electrons. The Morgan fingerprint density at radius 2 is 1.97 bits per heavy atom. The lowest BCUT2D eigenvalue weighted by molar-refractivity contribution is 0.371. The van der Waals surface area contributed by atoms with E-state index in [0.717, 1.165) is 62.5 Å². The van der Waals surface area contributed by atoms with E-state index in [-0.39, 0.29) is 0 Å². The fourth-order valence-electron chi connectivity index (χ4n) is 4.15. The number of guanidine groups is 1. The zero-order chi connectivity index (χ0) is 20.1. The van der Waals surface area contributed by atoms with Gasteiger partial charge in [-0.2, -0.15) is 0 Å². The van der Waals surface area contributed by atoms with Crippen LogP contribution in [0.3, 0.4) is 0 Å². The highest BCUT2D eigenvalue weighted by molar-refractivity contribution is 5.80. The number of nitrogens with zero attached hydrogens (tertiary/aromatic N) is 6. The second-order valence-corrected chi connectivity index (χ2v) is 7.57. The number of fused-ring (bicyclic) bond motifs is 1. The molecule has 0 amide bonds. The van der Waals surface area contributed by atoms with Gasteiger partial charge in [0.2, 0.25) is 0 Å². The van der Waals surface area contributed by atoms with Gasteiger partial charge in [0, 0.05) is 57.9 Å². The van der Waals surface area contributed by atoms with Crippen molar-refractivity contribution >= 4 is 11.6 Å². The number of rotatable bonds is 4. The summed E-state index contributed by atoms with van der Waals surface area (Å²) in [5, 5.41) is 12.3. The molecule has 2 aliphatic rings. The molecule has 8 nitrogen and oxygen atoms in total. The molecule has 1 N–H and O–H groups in total. The Bertz CT molecular complexity index is 839. The van der Waals surface area contributed by atoms with Crippen LogP contribution >= 0.6 is 0 Å². The first-order valence-electron chi connectivity index (χ1n) is 10.5. The maximum absolute atomic E-state index is 5.36. The molecule has 0 unspecified atom stereocenters. The number of anilines is 1. The Kier molecular flexibility index (Phi) is 6.17. The van der Waals surface area contributed by atoms with Crippen LogP contribution in [0.15, 0.2) is 29.3 Å². The summed E-state index contributed by atoms with van der Waals surface area (Å²) in [7, 11) is 3.56. The van der Waals surface area contributed by atoms with E-state index in [0.29, 0.717) is 6.54 Å². The number of methoxy groups -OCH3 is 1. The fourth-order valence-corrected chi connectivity index (χ4v) is 4.15. The largest absolute Gasteiger partial charge is 0.497 e. The summed E-state index contributed by atoms with van der Waals surface area (Å²) < 4.78 is 7.64. The standard InChI is InChI=1S/C21H31N7O/c1-22-21(23-16-20-25-24-19-9-4-3-5-10-28(19)20)27-13-11-26(12-14-27)17-7-6-8-18(15-17)29-2/h6-8,15H,3-5,9-14,16H2,1-2H3,(H,22,23). The third-order valence-corrected chi connectivity index (χ3v) is 5.80. The second-order valence-electron chi connectivity index (χ2n) is 7.57. The number of ether oxygens (including phenoxy) is 1. The SMILES string of the molecule is CN=C(NCc1nnc2n1CCCCC2)N1CCN(c2cccc(OC)c2)CC1. The molecule has 1 aromatic carbocycles. The van der Waals surface area contributed by atoms with Crippen molar-refractivity contribution in [2.75, 3.05) is 45.2 Å². The predicted octanol–water partition coefficient (Wildman–Crippen LogP) is 1.91. The molecule has 0 atom stereocenters. The number of piperazine rings is 1. The molecule has 3 heterocycles. The van der Waals surface area contributed by atoms with Crippen molar-refractivity contribution < 1.29 is 4.74 Å². The number of aryl methyl sites for hydroxylation is 1. The van der Waals surface area contributed by atoms with Crippen LogP contribution in [0, 0.1) is 0 Å². The Morgan fingerprint density at radius 1 is 1.10 bits per heavy atom. The fraction of sp³-hybridized carbons (Fsp3) is 0.571. The Morgan fingerprint density at radius 3 is 2.76 bits per heavy atom. The molecule has 0 aliphatic carbocycles. The molecule has 0 spiro atoms. The van der Waals surface area contributed by atoms with Crippen LogP contribution in [0.5, 0.6) is 5.75 Å². The molecule has 2 aliphatic heterocycles. The van der Waals surface area contributed by atoms with Gasteiger partial charge in [-0.1, -0.05) is 12.5 Å². The highest BCUT2D eigenvalue weighted by atomic mass is 16.5. The third-order valence-electron chi connectivity index (χ3n) is 5.80. The van der Waals surface area contributed by atoms with Gasteiger partial charge in [0.15, 0.2) is 11.8 Å². The van der Waals surface area contributed by atoms with Crippen molar-refractivity contribution in [1.82, 2.24) is 25.0 Å². The minimum absolute atomic E-state index is 0.662. The minimum atomic E-state index is 0.662. The van der Waals surface area contributed by atoms with Crippen molar-refractivity contribution in [3.8, 4) is 5.75 Å². The quantitative estimate of drug-likeness (QED) is 0.628. The summed E-state index contributed by atoms with van der Waals surface area (Å²) in [5.41, 5.74) is 1.21. The van der Waals surface area contributed by atoms with Crippen molar-refractivity contribution in [3.63, 3.8) is 0 Å². The lowest BCUT2D eigenvalue weighted by atomic mass is 10.2. The van der Waals surface area contributed by atoms with Gasteiger partial charge in [0.1, 0.15) is 11.6 Å². The van der Waals surface area contributed by atoms with Gasteiger partial charge in [-0.05, 0) is 25.0 Å². The molecular weight excluding hydrogens is 366 g/mol. The number of hydrogen-bond donors (Lipinski definition) is 1. The first kappa shape index (κ1) is 19.5. The molecule has 1 aromatic heterocycles. The van der Waals surface area contributed by atoms with Crippen LogP contribution < -0.4 is 15.0 Å². The minimum Gasteiger partial charge on any atom is -0.497 e. The van der Waals surface area contributed by atoms with E-state index >= 15 is 0 Å². The van der Waals surface area contributed by atoms with Crippen molar-refractivity contribution in [2.24, 2.45) is 4.99 Å². The summed E-state index contributed by atoms with van der Waals surface area (Å²) in [6.07, 6.45) is 4.73.